The lowest BCUT2D eigenvalue weighted by atomic mass is 9.92. The van der Waals surface area contributed by atoms with Crippen LogP contribution in [0.2, 0.25) is 0 Å². The second kappa shape index (κ2) is 11.4. The van der Waals surface area contributed by atoms with Gasteiger partial charge in [-0.3, -0.25) is 4.79 Å². The van der Waals surface area contributed by atoms with Crippen molar-refractivity contribution >= 4 is 5.91 Å². The van der Waals surface area contributed by atoms with E-state index in [1.807, 2.05) is 11.0 Å². The van der Waals surface area contributed by atoms with Crippen molar-refractivity contribution in [2.45, 2.75) is 52.0 Å². The van der Waals surface area contributed by atoms with Crippen LogP contribution in [0.3, 0.4) is 0 Å². The Morgan fingerprint density at radius 3 is 2.83 bits per heavy atom. The normalized spacial score (nSPS) is 19.0. The number of unbranched alkanes of at least 4 members (excludes halogenated alkanes) is 1. The maximum atomic E-state index is 12.0. The highest BCUT2D eigenvalue weighted by molar-refractivity contribution is 5.76. The van der Waals surface area contributed by atoms with E-state index >= 15 is 0 Å². The molecule has 2 heterocycles. The number of nitrogens with one attached hydrogen (secondary N) is 2. The molecule has 2 aliphatic rings. The highest BCUT2D eigenvalue weighted by Gasteiger charge is 2.18. The minimum Gasteiger partial charge on any atom is -0.486 e. The lowest BCUT2D eigenvalue weighted by Gasteiger charge is -2.25. The van der Waals surface area contributed by atoms with Gasteiger partial charge in [-0.05, 0) is 55.8 Å². The number of carbonyl (C=O) groups is 1. The molecule has 1 fully saturated rings. The number of carbonyl (C=O) groups excluding carboxylic acids is 1. The molecule has 0 spiro atoms. The summed E-state index contributed by atoms with van der Waals surface area (Å²) in [7, 11) is 0. The number of fused-ring (bicyclic) bond motifs is 1. The van der Waals surface area contributed by atoms with Crippen LogP contribution in [0.5, 0.6) is 11.5 Å². The van der Waals surface area contributed by atoms with Gasteiger partial charge in [0, 0.05) is 38.6 Å². The maximum absolute atomic E-state index is 12.0. The Labute approximate surface area is 175 Å². The van der Waals surface area contributed by atoms with Crippen LogP contribution in [0.4, 0.5) is 0 Å². The molecule has 2 aliphatic heterocycles. The summed E-state index contributed by atoms with van der Waals surface area (Å²) in [5, 5.41) is 7.03. The van der Waals surface area contributed by atoms with E-state index in [0.717, 1.165) is 69.9 Å². The third-order valence-electron chi connectivity index (χ3n) is 5.98. The van der Waals surface area contributed by atoms with Crippen molar-refractivity contribution < 1.29 is 14.3 Å². The topological polar surface area (TPSA) is 62.8 Å². The number of ether oxygens (including phenoxy) is 2. The maximum Gasteiger partial charge on any atom is 0.223 e. The lowest BCUT2D eigenvalue weighted by Crippen LogP contribution is -2.37. The quantitative estimate of drug-likeness (QED) is 0.588. The Bertz CT molecular complexity index is 652. The van der Waals surface area contributed by atoms with E-state index in [1.54, 1.807) is 0 Å². The van der Waals surface area contributed by atoms with Crippen molar-refractivity contribution in [3.8, 4) is 11.5 Å². The summed E-state index contributed by atoms with van der Waals surface area (Å²) >= 11 is 0. The Kier molecular flexibility index (Phi) is 8.62. The second-order valence-corrected chi connectivity index (χ2v) is 8.22. The molecule has 29 heavy (non-hydrogen) atoms. The van der Waals surface area contributed by atoms with Crippen LogP contribution in [0.1, 0.15) is 45.1 Å². The van der Waals surface area contributed by atoms with Gasteiger partial charge in [0.15, 0.2) is 11.5 Å². The average molecular weight is 404 g/mol. The highest BCUT2D eigenvalue weighted by atomic mass is 16.6. The standard InChI is InChI=1S/C23H37N3O3/c1-3-20(25-9-4-5-12-26-13-11-24-10-8-23(26)27)18(2)16-19-6-7-21-22(17-19)29-15-14-28-21/h6-7,17-18,20,24-25H,3-5,8-16H2,1-2H3. The van der Waals surface area contributed by atoms with Crippen LogP contribution in [-0.4, -0.2) is 62.8 Å². The van der Waals surface area contributed by atoms with Gasteiger partial charge in [0.25, 0.3) is 0 Å². The second-order valence-electron chi connectivity index (χ2n) is 8.22. The Morgan fingerprint density at radius 2 is 2.00 bits per heavy atom. The number of amides is 1. The molecule has 2 N–H and O–H groups in total. The summed E-state index contributed by atoms with van der Waals surface area (Å²) in [4.78, 5) is 14.1. The Balaban J connectivity index is 1.38. The monoisotopic (exact) mass is 403 g/mol. The van der Waals surface area contributed by atoms with Gasteiger partial charge in [0.05, 0.1) is 0 Å². The summed E-state index contributed by atoms with van der Waals surface area (Å²) in [6.07, 6.45) is 4.93. The molecular formula is C23H37N3O3. The van der Waals surface area contributed by atoms with Crippen molar-refractivity contribution in [1.82, 2.24) is 15.5 Å². The van der Waals surface area contributed by atoms with Crippen molar-refractivity contribution in [1.29, 1.82) is 0 Å². The molecule has 0 bridgehead atoms. The van der Waals surface area contributed by atoms with E-state index in [2.05, 4.69) is 36.6 Å². The van der Waals surface area contributed by atoms with Gasteiger partial charge >= 0.3 is 0 Å². The molecule has 2 atom stereocenters. The Morgan fingerprint density at radius 1 is 1.17 bits per heavy atom. The van der Waals surface area contributed by atoms with Crippen molar-refractivity contribution in [3.63, 3.8) is 0 Å². The first-order valence-electron chi connectivity index (χ1n) is 11.3. The number of nitrogens with zero attached hydrogens (tertiary/aromatic N) is 1. The summed E-state index contributed by atoms with van der Waals surface area (Å²) < 4.78 is 11.3. The molecule has 3 rings (SSSR count). The summed E-state index contributed by atoms with van der Waals surface area (Å²) in [5.41, 5.74) is 1.30. The molecule has 1 amide bonds. The zero-order valence-electron chi connectivity index (χ0n) is 18.0. The van der Waals surface area contributed by atoms with Gasteiger partial charge in [-0.25, -0.2) is 0 Å². The first-order chi connectivity index (χ1) is 14.2. The first-order valence-corrected chi connectivity index (χ1v) is 11.3. The van der Waals surface area contributed by atoms with Crippen LogP contribution in [0.15, 0.2) is 18.2 Å². The number of hydrogen-bond acceptors (Lipinski definition) is 5. The molecule has 0 saturated carbocycles. The smallest absolute Gasteiger partial charge is 0.223 e. The van der Waals surface area contributed by atoms with Gasteiger partial charge in [-0.1, -0.05) is 19.9 Å². The SMILES string of the molecule is CCC(NCCCCN1CCNCCC1=O)C(C)Cc1ccc2c(c1)OCCO2. The number of benzene rings is 1. The van der Waals surface area contributed by atoms with E-state index in [0.29, 0.717) is 37.5 Å². The fraction of sp³-hybridized carbons (Fsp3) is 0.696. The van der Waals surface area contributed by atoms with E-state index in [1.165, 1.54) is 5.56 Å². The zero-order chi connectivity index (χ0) is 20.5. The fourth-order valence-electron chi connectivity index (χ4n) is 4.25. The van der Waals surface area contributed by atoms with Gasteiger partial charge in [0.2, 0.25) is 5.91 Å². The molecule has 6 nitrogen and oxygen atoms in total. The minimum atomic E-state index is 0.294. The number of hydrogen-bond donors (Lipinski definition) is 2. The summed E-state index contributed by atoms with van der Waals surface area (Å²) in [6, 6.07) is 6.81. The Hall–Kier alpha value is -1.79. The van der Waals surface area contributed by atoms with Crippen molar-refractivity contribution in [2.24, 2.45) is 5.92 Å². The van der Waals surface area contributed by atoms with E-state index < -0.39 is 0 Å². The third-order valence-corrected chi connectivity index (χ3v) is 5.98. The van der Waals surface area contributed by atoms with Crippen molar-refractivity contribution in [3.05, 3.63) is 23.8 Å². The molecule has 6 heteroatoms. The van der Waals surface area contributed by atoms with Crippen LogP contribution in [-0.2, 0) is 11.2 Å². The van der Waals surface area contributed by atoms with Gasteiger partial charge in [0.1, 0.15) is 13.2 Å². The molecule has 2 unspecified atom stereocenters. The van der Waals surface area contributed by atoms with E-state index in [9.17, 15) is 4.79 Å². The zero-order valence-corrected chi connectivity index (χ0v) is 18.0. The highest BCUT2D eigenvalue weighted by Crippen LogP contribution is 2.31. The first kappa shape index (κ1) is 21.9. The van der Waals surface area contributed by atoms with Crippen LogP contribution < -0.4 is 20.1 Å². The van der Waals surface area contributed by atoms with Crippen LogP contribution >= 0.6 is 0 Å². The van der Waals surface area contributed by atoms with Crippen LogP contribution in [0.25, 0.3) is 0 Å². The lowest BCUT2D eigenvalue weighted by molar-refractivity contribution is -0.130. The van der Waals surface area contributed by atoms with Gasteiger partial charge in [-0.2, -0.15) is 0 Å². The predicted molar refractivity (Wildman–Crippen MR) is 116 cm³/mol. The molecule has 1 aromatic carbocycles. The molecule has 0 radical (unpaired) electrons. The van der Waals surface area contributed by atoms with E-state index in [-0.39, 0.29) is 0 Å². The average Bonchev–Trinajstić information content (AvgIpc) is 2.94. The molecule has 0 aliphatic carbocycles. The van der Waals surface area contributed by atoms with Gasteiger partial charge in [-0.15, -0.1) is 0 Å². The minimum absolute atomic E-state index is 0.294. The molecule has 162 valence electrons. The van der Waals surface area contributed by atoms with E-state index in [4.69, 9.17) is 9.47 Å². The summed E-state index contributed by atoms with van der Waals surface area (Å²) in [5.74, 6) is 2.57. The molecule has 1 saturated heterocycles. The predicted octanol–water partition coefficient (Wildman–Crippen LogP) is 2.61. The van der Waals surface area contributed by atoms with Crippen molar-refractivity contribution in [2.75, 3.05) is 45.9 Å². The molecule has 1 aromatic rings. The van der Waals surface area contributed by atoms with Gasteiger partial charge < -0.3 is 25.0 Å². The van der Waals surface area contributed by atoms with Crippen LogP contribution in [0, 0.1) is 5.92 Å². The summed E-state index contributed by atoms with van der Waals surface area (Å²) in [6.45, 7) is 10.3. The fourth-order valence-corrected chi connectivity index (χ4v) is 4.25. The number of rotatable bonds is 10. The molecule has 0 aromatic heterocycles. The molecular weight excluding hydrogens is 366 g/mol. The third kappa shape index (κ3) is 6.61. The largest absolute Gasteiger partial charge is 0.486 e.